The molecule has 0 saturated carbocycles. The minimum absolute atomic E-state index is 0.0779. The number of hydrogen-bond acceptors (Lipinski definition) is 5. The Hall–Kier alpha value is -1.71. The van der Waals surface area contributed by atoms with E-state index in [4.69, 9.17) is 9.84 Å². The summed E-state index contributed by atoms with van der Waals surface area (Å²) in [4.78, 5) is 47.3. The van der Waals surface area contributed by atoms with E-state index in [2.05, 4.69) is 29.1 Å². The normalized spacial score (nSPS) is 30.1. The number of likely N-dealkylation sites (tertiary alicyclic amines) is 1. The van der Waals surface area contributed by atoms with Crippen molar-refractivity contribution in [3.63, 3.8) is 0 Å². The average Bonchev–Trinajstić information content (AvgIpc) is 3.44. The second-order valence-electron chi connectivity index (χ2n) is 10.8. The van der Waals surface area contributed by atoms with Gasteiger partial charge in [0.25, 0.3) is 0 Å². The summed E-state index contributed by atoms with van der Waals surface area (Å²) in [6.07, 6.45) is 7.40. The zero-order valence-corrected chi connectivity index (χ0v) is 24.2. The number of ether oxygens (including phenoxy) is 1. The summed E-state index contributed by atoms with van der Waals surface area (Å²) in [7, 11) is 0. The van der Waals surface area contributed by atoms with Crippen LogP contribution in [-0.2, 0) is 19.1 Å². The maximum Gasteiger partial charge on any atom is 0.248 e. The molecule has 3 heterocycles. The van der Waals surface area contributed by atoms with Gasteiger partial charge in [0.15, 0.2) is 0 Å². The number of hydrogen-bond donors (Lipinski definition) is 1. The van der Waals surface area contributed by atoms with Gasteiger partial charge in [-0.25, -0.2) is 0 Å². The maximum absolute atomic E-state index is 14.2. The molecular formula is C28H44BrN3O5. The number of unbranched alkanes of at least 4 members (excludes halogenated alkanes) is 3. The fourth-order valence-electron chi connectivity index (χ4n) is 6.46. The third kappa shape index (κ3) is 5.55. The molecule has 3 rings (SSSR count). The molecule has 3 amide bonds. The first kappa shape index (κ1) is 29.8. The van der Waals surface area contributed by atoms with Gasteiger partial charge in [0, 0.05) is 43.7 Å². The number of carbonyl (C=O) groups excluding carboxylic acids is 3. The van der Waals surface area contributed by atoms with E-state index in [-0.39, 0.29) is 35.2 Å². The van der Waals surface area contributed by atoms with E-state index in [9.17, 15) is 14.4 Å². The molecule has 3 fully saturated rings. The van der Waals surface area contributed by atoms with Crippen molar-refractivity contribution in [2.75, 3.05) is 32.8 Å². The lowest BCUT2D eigenvalue weighted by Gasteiger charge is -2.38. The fourth-order valence-corrected chi connectivity index (χ4v) is 7.40. The van der Waals surface area contributed by atoms with Crippen LogP contribution in [0.5, 0.6) is 0 Å². The van der Waals surface area contributed by atoms with Crippen molar-refractivity contribution in [1.29, 1.82) is 0 Å². The lowest BCUT2D eigenvalue weighted by molar-refractivity contribution is -0.149. The predicted molar refractivity (Wildman–Crippen MR) is 147 cm³/mol. The zero-order chi connectivity index (χ0) is 27.3. The van der Waals surface area contributed by atoms with Crippen LogP contribution in [0.3, 0.4) is 0 Å². The number of nitrogens with zero attached hydrogens (tertiary/aromatic N) is 3. The van der Waals surface area contributed by atoms with Crippen molar-refractivity contribution in [2.24, 2.45) is 11.8 Å². The van der Waals surface area contributed by atoms with Crippen LogP contribution < -0.4 is 0 Å². The number of amides is 3. The van der Waals surface area contributed by atoms with Gasteiger partial charge < -0.3 is 24.5 Å². The molecule has 1 spiro atoms. The van der Waals surface area contributed by atoms with Crippen molar-refractivity contribution in [1.82, 2.24) is 14.7 Å². The molecule has 37 heavy (non-hydrogen) atoms. The molecule has 3 aliphatic heterocycles. The molecule has 0 radical (unpaired) electrons. The molecule has 208 valence electrons. The van der Waals surface area contributed by atoms with Gasteiger partial charge in [-0.1, -0.05) is 47.8 Å². The van der Waals surface area contributed by atoms with Crippen LogP contribution in [0.1, 0.15) is 59.3 Å². The summed E-state index contributed by atoms with van der Waals surface area (Å²) in [6, 6.07) is -0.863. The largest absolute Gasteiger partial charge is 0.396 e. The first-order valence-electron chi connectivity index (χ1n) is 13.7. The molecule has 3 unspecified atom stereocenters. The Labute approximate surface area is 230 Å². The monoisotopic (exact) mass is 581 g/mol. The lowest BCUT2D eigenvalue weighted by Crippen LogP contribution is -2.58. The van der Waals surface area contributed by atoms with E-state index in [1.807, 2.05) is 20.8 Å². The minimum atomic E-state index is -1.04. The highest BCUT2D eigenvalue weighted by Crippen LogP contribution is 2.60. The number of aliphatic hydroxyl groups is 1. The summed E-state index contributed by atoms with van der Waals surface area (Å²) in [5.41, 5.74) is -1.04. The molecule has 0 aromatic rings. The van der Waals surface area contributed by atoms with Gasteiger partial charge in [-0.05, 0) is 39.5 Å². The molecule has 8 nitrogen and oxygen atoms in total. The van der Waals surface area contributed by atoms with Gasteiger partial charge in [0.05, 0.1) is 17.9 Å². The molecule has 2 bridgehead atoms. The van der Waals surface area contributed by atoms with Crippen molar-refractivity contribution in [3.05, 3.63) is 25.3 Å². The standard InChI is InChI=1S/C28H44BrN3O5/c1-6-13-30(14-7-2)25(34)21-22-26(35)32(16-11-9-10-12-17-33)24(27(36)31(15-8-3)19(4)5)28(22)18-20(29)23(21)37-28/h6,8,19-24,33H,1,3,7,9-18H2,2,4-5H3/t20?,21-,22+,23-,24?,28?/m1/s1. The molecule has 9 heteroatoms. The molecule has 3 aliphatic rings. The highest BCUT2D eigenvalue weighted by molar-refractivity contribution is 9.09. The lowest BCUT2D eigenvalue weighted by atomic mass is 9.70. The van der Waals surface area contributed by atoms with Crippen LogP contribution >= 0.6 is 15.9 Å². The molecule has 3 saturated heterocycles. The van der Waals surface area contributed by atoms with Crippen molar-refractivity contribution >= 4 is 33.7 Å². The average molecular weight is 583 g/mol. The number of aliphatic hydroxyl groups excluding tert-OH is 1. The number of halogens is 1. The van der Waals surface area contributed by atoms with Gasteiger partial charge in [0.2, 0.25) is 17.7 Å². The van der Waals surface area contributed by atoms with E-state index in [0.29, 0.717) is 39.0 Å². The van der Waals surface area contributed by atoms with Crippen LogP contribution in [0, 0.1) is 11.8 Å². The third-order valence-corrected chi connectivity index (χ3v) is 8.85. The van der Waals surface area contributed by atoms with E-state index >= 15 is 0 Å². The molecule has 6 atom stereocenters. The quantitative estimate of drug-likeness (QED) is 0.182. The first-order chi connectivity index (χ1) is 17.7. The summed E-state index contributed by atoms with van der Waals surface area (Å²) < 4.78 is 6.63. The van der Waals surface area contributed by atoms with Crippen LogP contribution in [-0.4, -0.2) is 98.9 Å². The first-order valence-corrected chi connectivity index (χ1v) is 14.7. The zero-order valence-electron chi connectivity index (χ0n) is 22.6. The van der Waals surface area contributed by atoms with Crippen LogP contribution in [0.25, 0.3) is 0 Å². The van der Waals surface area contributed by atoms with Gasteiger partial charge in [-0.15, -0.1) is 13.2 Å². The van der Waals surface area contributed by atoms with Gasteiger partial charge >= 0.3 is 0 Å². The molecule has 0 aliphatic carbocycles. The van der Waals surface area contributed by atoms with E-state index in [1.165, 1.54) is 0 Å². The van der Waals surface area contributed by atoms with Crippen molar-refractivity contribution in [3.8, 4) is 0 Å². The summed E-state index contributed by atoms with van der Waals surface area (Å²) >= 11 is 3.75. The summed E-state index contributed by atoms with van der Waals surface area (Å²) in [5, 5.41) is 9.12. The van der Waals surface area contributed by atoms with Gasteiger partial charge in [-0.2, -0.15) is 0 Å². The minimum Gasteiger partial charge on any atom is -0.396 e. The second-order valence-corrected chi connectivity index (χ2v) is 12.0. The van der Waals surface area contributed by atoms with Crippen LogP contribution in [0.2, 0.25) is 0 Å². The number of carbonyl (C=O) groups is 3. The highest BCUT2D eigenvalue weighted by atomic mass is 79.9. The van der Waals surface area contributed by atoms with Crippen molar-refractivity contribution in [2.45, 2.75) is 87.9 Å². The van der Waals surface area contributed by atoms with Crippen LogP contribution in [0.4, 0.5) is 0 Å². The Morgan fingerprint density at radius 3 is 2.46 bits per heavy atom. The summed E-state index contributed by atoms with van der Waals surface area (Å²) in [6.45, 7) is 15.5. The van der Waals surface area contributed by atoms with Crippen LogP contribution in [0.15, 0.2) is 25.3 Å². The topological polar surface area (TPSA) is 90.4 Å². The van der Waals surface area contributed by atoms with E-state index in [1.54, 1.807) is 26.9 Å². The Bertz CT molecular complexity index is 867. The molecule has 1 N–H and O–H groups in total. The van der Waals surface area contributed by atoms with E-state index in [0.717, 1.165) is 25.7 Å². The second kappa shape index (κ2) is 12.9. The van der Waals surface area contributed by atoms with E-state index < -0.39 is 29.6 Å². The Morgan fingerprint density at radius 2 is 1.86 bits per heavy atom. The SMILES string of the molecule is C=CCN(CCC)C(=O)[C@H]1[C@@H]2OC3(CC2Br)C(C(=O)N(CC=C)C(C)C)N(CCCCCCO)C(=O)[C@H]13. The molecule has 0 aromatic carbocycles. The molecule has 0 aromatic heterocycles. The smallest absolute Gasteiger partial charge is 0.248 e. The fraction of sp³-hybridized carbons (Fsp3) is 0.750. The van der Waals surface area contributed by atoms with Gasteiger partial charge in [0.1, 0.15) is 11.6 Å². The van der Waals surface area contributed by atoms with Crippen molar-refractivity contribution < 1.29 is 24.2 Å². The molecular weight excluding hydrogens is 538 g/mol. The Morgan fingerprint density at radius 1 is 1.19 bits per heavy atom. The number of rotatable bonds is 15. The Kier molecular flexibility index (Phi) is 10.4. The maximum atomic E-state index is 14.2. The predicted octanol–water partition coefficient (Wildman–Crippen LogP) is 3.13. The highest BCUT2D eigenvalue weighted by Gasteiger charge is 2.76. The Balaban J connectivity index is 2.01. The number of alkyl halides is 1. The summed E-state index contributed by atoms with van der Waals surface area (Å²) in [5.74, 6) is -1.73. The number of fused-ring (bicyclic) bond motifs is 1. The third-order valence-electron chi connectivity index (χ3n) is 8.00. The van der Waals surface area contributed by atoms with Gasteiger partial charge in [-0.3, -0.25) is 14.4 Å².